The number of carbonyl (C=O) groups is 1. The van der Waals surface area contributed by atoms with Crippen molar-refractivity contribution in [3.05, 3.63) is 53.9 Å². The van der Waals surface area contributed by atoms with Crippen molar-refractivity contribution < 1.29 is 22.7 Å². The van der Waals surface area contributed by atoms with Gasteiger partial charge in [0.25, 0.3) is 0 Å². The van der Waals surface area contributed by atoms with Crippen LogP contribution in [0.3, 0.4) is 0 Å². The monoisotopic (exact) mass is 362 g/mol. The number of ether oxygens (including phenoxy) is 2. The van der Waals surface area contributed by atoms with E-state index in [1.54, 1.807) is 30.6 Å². The molecule has 1 amide bonds. The second kappa shape index (κ2) is 7.10. The second-order valence-corrected chi connectivity index (χ2v) is 8.01. The van der Waals surface area contributed by atoms with E-state index in [0.717, 1.165) is 17.4 Å². The lowest BCUT2D eigenvalue weighted by molar-refractivity contribution is -0.129. The number of fused-ring (bicyclic) bond motifs is 1. The van der Waals surface area contributed by atoms with Gasteiger partial charge in [0.15, 0.2) is 21.3 Å². The van der Waals surface area contributed by atoms with E-state index < -0.39 is 21.5 Å². The molecule has 0 spiro atoms. The summed E-state index contributed by atoms with van der Waals surface area (Å²) in [6.45, 7) is 0.710. The Hall–Kier alpha value is -2.61. The maximum absolute atomic E-state index is 12.5. The molecule has 0 atom stereocenters. The number of rotatable bonds is 6. The number of nitrogens with zero attached hydrogens (tertiary/aromatic N) is 2. The molecule has 7 nitrogen and oxygen atoms in total. The first-order valence-corrected chi connectivity index (χ1v) is 9.70. The summed E-state index contributed by atoms with van der Waals surface area (Å²) in [5.74, 6) is 0.293. The van der Waals surface area contributed by atoms with Gasteiger partial charge in [-0.25, -0.2) is 8.42 Å². The molecule has 1 aliphatic rings. The first-order valence-electron chi connectivity index (χ1n) is 7.64. The number of amides is 1. The summed E-state index contributed by atoms with van der Waals surface area (Å²) in [5.41, 5.74) is 1.65. The van der Waals surface area contributed by atoms with Gasteiger partial charge >= 0.3 is 0 Å². The number of pyridine rings is 1. The Morgan fingerprint density at radius 2 is 1.92 bits per heavy atom. The largest absolute Gasteiger partial charge is 0.454 e. The van der Waals surface area contributed by atoms with E-state index in [9.17, 15) is 13.2 Å². The highest BCUT2D eigenvalue weighted by atomic mass is 32.2. The van der Waals surface area contributed by atoms with Crippen molar-refractivity contribution >= 4 is 15.7 Å². The molecule has 0 saturated heterocycles. The lowest BCUT2D eigenvalue weighted by Crippen LogP contribution is -2.34. The minimum atomic E-state index is -3.41. The van der Waals surface area contributed by atoms with Crippen LogP contribution in [0.25, 0.3) is 0 Å². The molecule has 132 valence electrons. The molecule has 25 heavy (non-hydrogen) atoms. The topological polar surface area (TPSA) is 85.8 Å². The molecule has 8 heteroatoms. The van der Waals surface area contributed by atoms with Crippen LogP contribution in [-0.4, -0.2) is 43.0 Å². The van der Waals surface area contributed by atoms with Crippen LogP contribution in [0.1, 0.15) is 11.1 Å². The third kappa shape index (κ3) is 4.69. The first kappa shape index (κ1) is 17.2. The maximum Gasteiger partial charge on any atom is 0.238 e. The summed E-state index contributed by atoms with van der Waals surface area (Å²) in [5, 5.41) is 0. The molecular weight excluding hydrogens is 344 g/mol. The number of aromatic nitrogens is 1. The lowest BCUT2D eigenvalue weighted by Gasteiger charge is -2.23. The minimum Gasteiger partial charge on any atom is -0.454 e. The highest BCUT2D eigenvalue weighted by Crippen LogP contribution is 2.32. The molecule has 0 fully saturated rings. The zero-order valence-electron chi connectivity index (χ0n) is 13.7. The van der Waals surface area contributed by atoms with Crippen LogP contribution in [0, 0.1) is 0 Å². The van der Waals surface area contributed by atoms with Gasteiger partial charge in [0.1, 0.15) is 5.75 Å². The van der Waals surface area contributed by atoms with Crippen LogP contribution in [0.15, 0.2) is 42.7 Å². The Bertz CT molecular complexity index is 868. The van der Waals surface area contributed by atoms with Crippen LogP contribution in [0.4, 0.5) is 0 Å². The van der Waals surface area contributed by atoms with Crippen molar-refractivity contribution in [2.75, 3.05) is 18.8 Å². The second-order valence-electron chi connectivity index (χ2n) is 5.87. The molecule has 0 aliphatic carbocycles. The number of benzene rings is 1. The molecule has 0 unspecified atom stereocenters. The van der Waals surface area contributed by atoms with Crippen LogP contribution < -0.4 is 9.47 Å². The van der Waals surface area contributed by atoms with Crippen LogP contribution >= 0.6 is 0 Å². The molecule has 2 aromatic rings. The van der Waals surface area contributed by atoms with Gasteiger partial charge in [-0.3, -0.25) is 9.78 Å². The molecule has 1 aliphatic heterocycles. The Balaban J connectivity index is 1.81. The van der Waals surface area contributed by atoms with E-state index in [1.165, 1.54) is 4.90 Å². The molecule has 1 aromatic carbocycles. The van der Waals surface area contributed by atoms with Crippen LogP contribution in [0.2, 0.25) is 0 Å². The predicted molar refractivity (Wildman–Crippen MR) is 90.8 cm³/mol. The van der Waals surface area contributed by atoms with Crippen molar-refractivity contribution in [2.45, 2.75) is 13.1 Å². The van der Waals surface area contributed by atoms with Crippen molar-refractivity contribution in [1.29, 1.82) is 0 Å². The summed E-state index contributed by atoms with van der Waals surface area (Å²) in [6, 6.07) is 9.02. The Kier molecular flexibility index (Phi) is 4.89. The van der Waals surface area contributed by atoms with Gasteiger partial charge in [-0.15, -0.1) is 0 Å². The van der Waals surface area contributed by atoms with Gasteiger partial charge in [0.2, 0.25) is 12.7 Å². The lowest BCUT2D eigenvalue weighted by atomic mass is 10.1. The normalized spacial score (nSPS) is 12.8. The molecule has 0 N–H and O–H groups in total. The molecule has 0 saturated carbocycles. The van der Waals surface area contributed by atoms with E-state index in [1.807, 2.05) is 12.1 Å². The Morgan fingerprint density at radius 3 is 2.64 bits per heavy atom. The summed E-state index contributed by atoms with van der Waals surface area (Å²) < 4.78 is 33.6. The molecular formula is C17H18N2O5S. The van der Waals surface area contributed by atoms with Gasteiger partial charge < -0.3 is 14.4 Å². The molecule has 0 bridgehead atoms. The first-order chi connectivity index (χ1) is 11.9. The number of sulfone groups is 1. The van der Waals surface area contributed by atoms with Crippen molar-refractivity contribution in [3.63, 3.8) is 0 Å². The fourth-order valence-corrected chi connectivity index (χ4v) is 3.15. The van der Waals surface area contributed by atoms with Gasteiger partial charge in [-0.1, -0.05) is 12.1 Å². The SMILES string of the molecule is CS(=O)(=O)CC(=O)N(Cc1cccnc1)Cc1ccc2c(c1)OCO2. The average molecular weight is 362 g/mol. The quantitative estimate of drug-likeness (QED) is 0.772. The number of hydrogen-bond donors (Lipinski definition) is 0. The van der Waals surface area contributed by atoms with Crippen molar-refractivity contribution in [1.82, 2.24) is 9.88 Å². The Labute approximate surface area is 146 Å². The smallest absolute Gasteiger partial charge is 0.238 e. The fraction of sp³-hybridized carbons (Fsp3) is 0.294. The van der Waals surface area contributed by atoms with E-state index >= 15 is 0 Å². The van der Waals surface area contributed by atoms with E-state index in [4.69, 9.17) is 9.47 Å². The molecule has 1 aromatic heterocycles. The van der Waals surface area contributed by atoms with Crippen molar-refractivity contribution in [2.24, 2.45) is 0 Å². The summed E-state index contributed by atoms with van der Waals surface area (Å²) in [7, 11) is -3.41. The van der Waals surface area contributed by atoms with Gasteiger partial charge in [0.05, 0.1) is 0 Å². The van der Waals surface area contributed by atoms with Crippen molar-refractivity contribution in [3.8, 4) is 11.5 Å². The number of hydrogen-bond acceptors (Lipinski definition) is 6. The van der Waals surface area contributed by atoms with Gasteiger partial charge in [-0.2, -0.15) is 0 Å². The van der Waals surface area contributed by atoms with Gasteiger partial charge in [0, 0.05) is 31.7 Å². The molecule has 0 radical (unpaired) electrons. The van der Waals surface area contributed by atoms with Gasteiger partial charge in [-0.05, 0) is 29.3 Å². The Morgan fingerprint density at radius 1 is 1.16 bits per heavy atom. The zero-order chi connectivity index (χ0) is 17.9. The van der Waals surface area contributed by atoms with Crippen LogP contribution in [-0.2, 0) is 27.7 Å². The fourth-order valence-electron chi connectivity index (χ4n) is 2.52. The summed E-state index contributed by atoms with van der Waals surface area (Å²) in [6.07, 6.45) is 4.35. The third-order valence-electron chi connectivity index (χ3n) is 3.65. The molecule has 3 rings (SSSR count). The number of carbonyl (C=O) groups excluding carboxylic acids is 1. The average Bonchev–Trinajstić information content (AvgIpc) is 3.01. The third-order valence-corrected chi connectivity index (χ3v) is 4.42. The standard InChI is InChI=1S/C17H18N2O5S/c1-25(21,22)11-17(20)19(10-14-3-2-6-18-8-14)9-13-4-5-15-16(7-13)24-12-23-15/h2-8H,9-12H2,1H3. The predicted octanol–water partition coefficient (Wildman–Crippen LogP) is 1.38. The van der Waals surface area contributed by atoms with Crippen LogP contribution in [0.5, 0.6) is 11.5 Å². The van der Waals surface area contributed by atoms with E-state index in [-0.39, 0.29) is 19.9 Å². The van der Waals surface area contributed by atoms with E-state index in [0.29, 0.717) is 11.5 Å². The maximum atomic E-state index is 12.5. The highest BCUT2D eigenvalue weighted by molar-refractivity contribution is 7.91. The summed E-state index contributed by atoms with van der Waals surface area (Å²) >= 11 is 0. The minimum absolute atomic E-state index is 0.172. The van der Waals surface area contributed by atoms with E-state index in [2.05, 4.69) is 4.98 Å². The summed E-state index contributed by atoms with van der Waals surface area (Å²) in [4.78, 5) is 18.0. The molecule has 2 heterocycles. The zero-order valence-corrected chi connectivity index (χ0v) is 14.5. The highest BCUT2D eigenvalue weighted by Gasteiger charge is 2.21.